The zero-order valence-corrected chi connectivity index (χ0v) is 16.5. The molecule has 0 radical (unpaired) electrons. The number of carbonyl (C=O) groups excluding carboxylic acids is 1. The number of carbonyl (C=O) groups is 1. The summed E-state index contributed by atoms with van der Waals surface area (Å²) in [5.74, 6) is 1.04. The van der Waals surface area contributed by atoms with Crippen molar-refractivity contribution in [2.24, 2.45) is 5.16 Å². The van der Waals surface area contributed by atoms with Crippen molar-refractivity contribution in [2.45, 2.75) is 25.5 Å². The highest BCUT2D eigenvalue weighted by molar-refractivity contribution is 6.32. The molecule has 2 aromatic rings. The second kappa shape index (κ2) is 7.72. The summed E-state index contributed by atoms with van der Waals surface area (Å²) in [6.07, 6.45) is 0.589. The Bertz CT molecular complexity index is 944. The lowest BCUT2D eigenvalue weighted by atomic mass is 9.98. The van der Waals surface area contributed by atoms with E-state index in [4.69, 9.17) is 25.9 Å². The van der Waals surface area contributed by atoms with Crippen molar-refractivity contribution < 1.29 is 19.1 Å². The lowest BCUT2D eigenvalue weighted by Crippen LogP contribution is -2.42. The predicted octanol–water partition coefficient (Wildman–Crippen LogP) is 3.44. The summed E-state index contributed by atoms with van der Waals surface area (Å²) >= 11 is 6.25. The average Bonchev–Trinajstić information content (AvgIpc) is 3.22. The second-order valence-corrected chi connectivity index (χ2v) is 7.21. The number of ether oxygens (including phenoxy) is 2. The Balaban J connectivity index is 1.49. The lowest BCUT2D eigenvalue weighted by molar-refractivity contribution is -0.143. The molecular formula is C21H21ClN2O4. The Kier molecular flexibility index (Phi) is 5.13. The third kappa shape index (κ3) is 3.40. The number of benzene rings is 2. The number of halogens is 1. The summed E-state index contributed by atoms with van der Waals surface area (Å²) in [6, 6.07) is 11.6. The van der Waals surface area contributed by atoms with Gasteiger partial charge in [0.05, 0.1) is 25.0 Å². The molecule has 2 heterocycles. The normalized spacial score (nSPS) is 18.2. The van der Waals surface area contributed by atoms with Crippen molar-refractivity contribution in [1.82, 2.24) is 4.90 Å². The van der Waals surface area contributed by atoms with E-state index in [0.717, 1.165) is 6.42 Å². The van der Waals surface area contributed by atoms with Crippen molar-refractivity contribution >= 4 is 23.2 Å². The van der Waals surface area contributed by atoms with Crippen LogP contribution in [0.1, 0.15) is 23.1 Å². The van der Waals surface area contributed by atoms with Gasteiger partial charge in [0.15, 0.2) is 0 Å². The summed E-state index contributed by atoms with van der Waals surface area (Å²) in [6.45, 7) is 1.28. The zero-order chi connectivity index (χ0) is 19.7. The molecule has 0 saturated heterocycles. The molecule has 0 spiro atoms. The van der Waals surface area contributed by atoms with Crippen molar-refractivity contribution in [3.63, 3.8) is 0 Å². The number of hydrogen-bond donors (Lipinski definition) is 0. The minimum atomic E-state index is -0.633. The Morgan fingerprint density at radius 1 is 1.18 bits per heavy atom. The molecule has 2 aliphatic rings. The van der Waals surface area contributed by atoms with E-state index in [1.807, 2.05) is 17.0 Å². The van der Waals surface area contributed by atoms with Crippen LogP contribution in [-0.2, 0) is 22.6 Å². The number of amides is 1. The highest BCUT2D eigenvalue weighted by Crippen LogP contribution is 2.35. The summed E-state index contributed by atoms with van der Waals surface area (Å²) in [4.78, 5) is 20.3. The molecule has 0 aromatic heterocycles. The van der Waals surface area contributed by atoms with Gasteiger partial charge in [-0.15, -0.1) is 0 Å². The van der Waals surface area contributed by atoms with Crippen molar-refractivity contribution in [1.29, 1.82) is 0 Å². The molecule has 1 atom stereocenters. The first-order valence-corrected chi connectivity index (χ1v) is 9.48. The summed E-state index contributed by atoms with van der Waals surface area (Å²) in [5.41, 5.74) is 3.82. The molecule has 2 aliphatic heterocycles. The van der Waals surface area contributed by atoms with E-state index in [0.29, 0.717) is 47.3 Å². The van der Waals surface area contributed by atoms with Gasteiger partial charge in [0.2, 0.25) is 6.10 Å². The van der Waals surface area contributed by atoms with Crippen molar-refractivity contribution in [2.75, 3.05) is 20.8 Å². The minimum Gasteiger partial charge on any atom is -0.496 e. The largest absolute Gasteiger partial charge is 0.496 e. The van der Waals surface area contributed by atoms with Gasteiger partial charge in [0, 0.05) is 31.1 Å². The van der Waals surface area contributed by atoms with E-state index in [2.05, 4.69) is 17.3 Å². The van der Waals surface area contributed by atoms with Gasteiger partial charge in [0.1, 0.15) is 11.5 Å². The van der Waals surface area contributed by atoms with Crippen LogP contribution in [0.5, 0.6) is 11.5 Å². The fraction of sp³-hybridized carbons (Fsp3) is 0.333. The van der Waals surface area contributed by atoms with Crippen LogP contribution in [0.3, 0.4) is 0 Å². The molecule has 6 nitrogen and oxygen atoms in total. The molecule has 28 heavy (non-hydrogen) atoms. The standard InChI is InChI=1S/C21H21ClN2O4/c1-26-18-11-19(27-2)16(22)9-15(18)17-10-20(28-23-17)21(25)24-8-7-13-5-3-4-6-14(13)12-24/h3-6,9,11,20H,7-8,10,12H2,1-2H3/t20-/m1/s1. The molecule has 1 amide bonds. The number of hydrogen-bond acceptors (Lipinski definition) is 5. The number of methoxy groups -OCH3 is 2. The molecule has 7 heteroatoms. The summed E-state index contributed by atoms with van der Waals surface area (Å²) in [7, 11) is 3.11. The highest BCUT2D eigenvalue weighted by Gasteiger charge is 2.34. The van der Waals surface area contributed by atoms with Gasteiger partial charge in [-0.05, 0) is 23.6 Å². The molecule has 2 aromatic carbocycles. The molecular weight excluding hydrogens is 380 g/mol. The maximum atomic E-state index is 13.0. The lowest BCUT2D eigenvalue weighted by Gasteiger charge is -2.30. The molecule has 0 fully saturated rings. The maximum absolute atomic E-state index is 13.0. The van der Waals surface area contributed by atoms with Gasteiger partial charge < -0.3 is 19.2 Å². The van der Waals surface area contributed by atoms with Crippen molar-refractivity contribution in [3.05, 3.63) is 58.1 Å². The third-order valence-electron chi connectivity index (χ3n) is 5.17. The average molecular weight is 401 g/mol. The monoisotopic (exact) mass is 400 g/mol. The van der Waals surface area contributed by atoms with Crippen LogP contribution in [0.25, 0.3) is 0 Å². The van der Waals surface area contributed by atoms with E-state index in [9.17, 15) is 4.79 Å². The van der Waals surface area contributed by atoms with Gasteiger partial charge in [0.25, 0.3) is 5.91 Å². The van der Waals surface area contributed by atoms with Gasteiger partial charge in [-0.1, -0.05) is 41.0 Å². The van der Waals surface area contributed by atoms with Crippen LogP contribution in [0.15, 0.2) is 41.6 Å². The van der Waals surface area contributed by atoms with Crippen LogP contribution in [-0.4, -0.2) is 43.4 Å². The van der Waals surface area contributed by atoms with Gasteiger partial charge >= 0.3 is 0 Å². The van der Waals surface area contributed by atoms with Gasteiger partial charge in [-0.25, -0.2) is 0 Å². The van der Waals surface area contributed by atoms with Crippen LogP contribution in [0.2, 0.25) is 5.02 Å². The minimum absolute atomic E-state index is 0.0492. The number of nitrogens with zero attached hydrogens (tertiary/aromatic N) is 2. The Morgan fingerprint density at radius 2 is 1.93 bits per heavy atom. The molecule has 0 aliphatic carbocycles. The Labute approximate surface area is 168 Å². The summed E-state index contributed by atoms with van der Waals surface area (Å²) in [5, 5.41) is 4.59. The fourth-order valence-electron chi connectivity index (χ4n) is 3.64. The van der Waals surface area contributed by atoms with E-state index in [-0.39, 0.29) is 5.91 Å². The first-order valence-electron chi connectivity index (χ1n) is 9.11. The number of fused-ring (bicyclic) bond motifs is 1. The van der Waals surface area contributed by atoms with E-state index < -0.39 is 6.10 Å². The van der Waals surface area contributed by atoms with Crippen molar-refractivity contribution in [3.8, 4) is 11.5 Å². The van der Waals surface area contributed by atoms with E-state index >= 15 is 0 Å². The summed E-state index contributed by atoms with van der Waals surface area (Å²) < 4.78 is 10.7. The smallest absolute Gasteiger partial charge is 0.267 e. The van der Waals surface area contributed by atoms with Crippen LogP contribution >= 0.6 is 11.6 Å². The Hall–Kier alpha value is -2.73. The molecule has 0 unspecified atom stereocenters. The second-order valence-electron chi connectivity index (χ2n) is 6.80. The van der Waals surface area contributed by atoms with E-state index in [1.54, 1.807) is 26.4 Å². The van der Waals surface area contributed by atoms with E-state index in [1.165, 1.54) is 11.1 Å². The van der Waals surface area contributed by atoms with Gasteiger partial charge in [-0.3, -0.25) is 4.79 Å². The fourth-order valence-corrected chi connectivity index (χ4v) is 3.88. The molecule has 0 saturated carbocycles. The zero-order valence-electron chi connectivity index (χ0n) is 15.8. The maximum Gasteiger partial charge on any atom is 0.267 e. The number of oxime groups is 1. The highest BCUT2D eigenvalue weighted by atomic mass is 35.5. The first-order chi connectivity index (χ1) is 13.6. The van der Waals surface area contributed by atoms with Crippen LogP contribution in [0, 0.1) is 0 Å². The van der Waals surface area contributed by atoms with Crippen LogP contribution in [0.4, 0.5) is 0 Å². The van der Waals surface area contributed by atoms with Crippen LogP contribution < -0.4 is 9.47 Å². The Morgan fingerprint density at radius 3 is 2.68 bits per heavy atom. The molecule has 0 bridgehead atoms. The SMILES string of the molecule is COc1cc(OC)c(C2=NO[C@@H](C(=O)N3CCc4ccccc4C3)C2)cc1Cl. The molecule has 146 valence electrons. The quantitative estimate of drug-likeness (QED) is 0.788. The molecule has 4 rings (SSSR count). The third-order valence-corrected chi connectivity index (χ3v) is 5.47. The van der Waals surface area contributed by atoms with Gasteiger partial charge in [-0.2, -0.15) is 0 Å². The predicted molar refractivity (Wildman–Crippen MR) is 106 cm³/mol. The molecule has 0 N–H and O–H groups in total. The number of rotatable bonds is 4. The first kappa shape index (κ1) is 18.6. The topological polar surface area (TPSA) is 60.4 Å².